The molecule has 1 amide bonds. The molecule has 1 N–H and O–H groups in total. The SMILES string of the molecule is CCNC(=O)COc1ccc(/C=C/C(=O)c2ccc(C(C)(C)C)cc2)cc1. The summed E-state index contributed by atoms with van der Waals surface area (Å²) in [5.41, 5.74) is 2.82. The van der Waals surface area contributed by atoms with Crippen molar-refractivity contribution in [2.75, 3.05) is 13.2 Å². The van der Waals surface area contributed by atoms with Crippen molar-refractivity contribution in [3.8, 4) is 5.75 Å². The fraction of sp³-hybridized carbons (Fsp3) is 0.304. The lowest BCUT2D eigenvalue weighted by Gasteiger charge is -2.18. The van der Waals surface area contributed by atoms with Gasteiger partial charge in [-0.1, -0.05) is 63.2 Å². The molecular weight excluding hydrogens is 338 g/mol. The second kappa shape index (κ2) is 9.17. The first-order chi connectivity index (χ1) is 12.8. The normalized spacial score (nSPS) is 11.4. The van der Waals surface area contributed by atoms with Crippen LogP contribution in [0.15, 0.2) is 54.6 Å². The predicted molar refractivity (Wildman–Crippen MR) is 109 cm³/mol. The van der Waals surface area contributed by atoms with Crippen molar-refractivity contribution >= 4 is 17.8 Å². The molecule has 0 spiro atoms. The van der Waals surface area contributed by atoms with Crippen molar-refractivity contribution in [3.63, 3.8) is 0 Å². The van der Waals surface area contributed by atoms with E-state index in [1.165, 1.54) is 5.56 Å². The second-order valence-corrected chi connectivity index (χ2v) is 7.34. The minimum atomic E-state index is -0.149. The molecule has 142 valence electrons. The summed E-state index contributed by atoms with van der Waals surface area (Å²) in [4.78, 5) is 23.7. The minimum Gasteiger partial charge on any atom is -0.484 e. The van der Waals surface area contributed by atoms with Crippen LogP contribution in [-0.4, -0.2) is 24.8 Å². The zero-order valence-electron chi connectivity index (χ0n) is 16.4. The maximum atomic E-state index is 12.3. The molecule has 2 aromatic rings. The van der Waals surface area contributed by atoms with E-state index in [-0.39, 0.29) is 23.7 Å². The Morgan fingerprint density at radius 1 is 1.00 bits per heavy atom. The Labute approximate surface area is 161 Å². The Kier molecular flexibility index (Phi) is 6.94. The van der Waals surface area contributed by atoms with Crippen molar-refractivity contribution in [2.24, 2.45) is 0 Å². The Morgan fingerprint density at radius 2 is 1.63 bits per heavy atom. The van der Waals surface area contributed by atoms with Gasteiger partial charge in [-0.05, 0) is 41.7 Å². The van der Waals surface area contributed by atoms with E-state index in [0.29, 0.717) is 17.9 Å². The van der Waals surface area contributed by atoms with Crippen molar-refractivity contribution in [3.05, 3.63) is 71.3 Å². The number of ether oxygens (including phenoxy) is 1. The number of rotatable bonds is 7. The third-order valence-electron chi connectivity index (χ3n) is 4.09. The summed E-state index contributed by atoms with van der Waals surface area (Å²) in [6, 6.07) is 15.0. The molecule has 2 rings (SSSR count). The Morgan fingerprint density at radius 3 is 2.19 bits per heavy atom. The van der Waals surface area contributed by atoms with Crippen LogP contribution in [0, 0.1) is 0 Å². The van der Waals surface area contributed by atoms with Gasteiger partial charge in [0.1, 0.15) is 5.75 Å². The number of amides is 1. The standard InChI is InChI=1S/C23H27NO3/c1-5-24-22(26)16-27-20-13-6-17(7-14-20)8-15-21(25)18-9-11-19(12-10-18)23(2,3)4/h6-15H,5,16H2,1-4H3,(H,24,26)/b15-8+. The molecular formula is C23H27NO3. The van der Waals surface area contributed by atoms with E-state index in [9.17, 15) is 9.59 Å². The van der Waals surface area contributed by atoms with Crippen molar-refractivity contribution in [1.29, 1.82) is 0 Å². The molecule has 0 saturated heterocycles. The summed E-state index contributed by atoms with van der Waals surface area (Å²) < 4.78 is 5.41. The second-order valence-electron chi connectivity index (χ2n) is 7.34. The van der Waals surface area contributed by atoms with Crippen LogP contribution in [-0.2, 0) is 10.2 Å². The lowest BCUT2D eigenvalue weighted by Crippen LogP contribution is -2.28. The molecule has 0 unspecified atom stereocenters. The van der Waals surface area contributed by atoms with Gasteiger partial charge in [-0.25, -0.2) is 0 Å². The van der Waals surface area contributed by atoms with Crippen molar-refractivity contribution < 1.29 is 14.3 Å². The fourth-order valence-electron chi connectivity index (χ4n) is 2.47. The third kappa shape index (κ3) is 6.41. The zero-order chi connectivity index (χ0) is 19.9. The summed E-state index contributed by atoms with van der Waals surface area (Å²) >= 11 is 0. The van der Waals surface area contributed by atoms with Gasteiger partial charge in [-0.15, -0.1) is 0 Å². The van der Waals surface area contributed by atoms with Gasteiger partial charge >= 0.3 is 0 Å². The van der Waals surface area contributed by atoms with E-state index in [2.05, 4.69) is 26.1 Å². The molecule has 0 heterocycles. The lowest BCUT2D eigenvalue weighted by molar-refractivity contribution is -0.122. The molecule has 0 fully saturated rings. The van der Waals surface area contributed by atoms with E-state index in [1.807, 2.05) is 43.3 Å². The maximum absolute atomic E-state index is 12.3. The quantitative estimate of drug-likeness (QED) is 0.585. The Balaban J connectivity index is 1.95. The number of carbonyl (C=O) groups excluding carboxylic acids is 2. The Bertz CT molecular complexity index is 797. The highest BCUT2D eigenvalue weighted by Gasteiger charge is 2.13. The first kappa shape index (κ1) is 20.4. The first-order valence-corrected chi connectivity index (χ1v) is 9.12. The highest BCUT2D eigenvalue weighted by molar-refractivity contribution is 6.06. The van der Waals surface area contributed by atoms with Crippen LogP contribution in [0.1, 0.15) is 49.2 Å². The first-order valence-electron chi connectivity index (χ1n) is 9.12. The van der Waals surface area contributed by atoms with Crippen LogP contribution >= 0.6 is 0 Å². The summed E-state index contributed by atoms with van der Waals surface area (Å²) in [5.74, 6) is 0.430. The van der Waals surface area contributed by atoms with Crippen LogP contribution in [0.4, 0.5) is 0 Å². The lowest BCUT2D eigenvalue weighted by atomic mass is 9.86. The number of ketones is 1. The number of allylic oxidation sites excluding steroid dienone is 1. The van der Waals surface area contributed by atoms with Crippen molar-refractivity contribution in [2.45, 2.75) is 33.1 Å². The molecule has 0 aliphatic rings. The van der Waals surface area contributed by atoms with E-state index in [4.69, 9.17) is 4.74 Å². The van der Waals surface area contributed by atoms with E-state index >= 15 is 0 Å². The minimum absolute atomic E-state index is 0.00786. The highest BCUT2D eigenvalue weighted by Crippen LogP contribution is 2.22. The number of carbonyl (C=O) groups is 2. The van der Waals surface area contributed by atoms with Gasteiger partial charge in [0, 0.05) is 12.1 Å². The average Bonchev–Trinajstić information content (AvgIpc) is 2.65. The zero-order valence-corrected chi connectivity index (χ0v) is 16.4. The van der Waals surface area contributed by atoms with Crippen LogP contribution < -0.4 is 10.1 Å². The van der Waals surface area contributed by atoms with Gasteiger partial charge in [0.2, 0.25) is 0 Å². The molecule has 0 atom stereocenters. The van der Waals surface area contributed by atoms with Gasteiger partial charge < -0.3 is 10.1 Å². The molecule has 4 heteroatoms. The summed E-state index contributed by atoms with van der Waals surface area (Å²) in [6.45, 7) is 8.87. The number of benzene rings is 2. The van der Waals surface area contributed by atoms with E-state index in [0.717, 1.165) is 5.56 Å². The molecule has 0 aliphatic carbocycles. The van der Waals surface area contributed by atoms with Gasteiger partial charge in [0.25, 0.3) is 5.91 Å². The predicted octanol–water partition coefficient (Wildman–Crippen LogP) is 4.40. The van der Waals surface area contributed by atoms with Gasteiger partial charge in [-0.3, -0.25) is 9.59 Å². The molecule has 27 heavy (non-hydrogen) atoms. The highest BCUT2D eigenvalue weighted by atomic mass is 16.5. The average molecular weight is 365 g/mol. The van der Waals surface area contributed by atoms with Crippen LogP contribution in [0.3, 0.4) is 0 Å². The molecule has 0 bridgehead atoms. The van der Waals surface area contributed by atoms with Gasteiger partial charge in [0.15, 0.2) is 12.4 Å². The van der Waals surface area contributed by atoms with Gasteiger partial charge in [-0.2, -0.15) is 0 Å². The molecule has 2 aromatic carbocycles. The number of nitrogens with one attached hydrogen (secondary N) is 1. The van der Waals surface area contributed by atoms with Crippen molar-refractivity contribution in [1.82, 2.24) is 5.32 Å². The molecule has 0 radical (unpaired) electrons. The molecule has 0 saturated carbocycles. The smallest absolute Gasteiger partial charge is 0.257 e. The van der Waals surface area contributed by atoms with E-state index in [1.54, 1.807) is 24.3 Å². The monoisotopic (exact) mass is 365 g/mol. The van der Waals surface area contributed by atoms with Crippen LogP contribution in [0.2, 0.25) is 0 Å². The number of likely N-dealkylation sites (N-methyl/N-ethyl adjacent to an activating group) is 1. The molecule has 4 nitrogen and oxygen atoms in total. The maximum Gasteiger partial charge on any atom is 0.257 e. The Hall–Kier alpha value is -2.88. The third-order valence-corrected chi connectivity index (χ3v) is 4.09. The van der Waals surface area contributed by atoms with Crippen LogP contribution in [0.25, 0.3) is 6.08 Å². The summed E-state index contributed by atoms with van der Waals surface area (Å²) in [6.07, 6.45) is 3.34. The summed E-state index contributed by atoms with van der Waals surface area (Å²) in [7, 11) is 0. The van der Waals surface area contributed by atoms with Crippen LogP contribution in [0.5, 0.6) is 5.75 Å². The summed E-state index contributed by atoms with van der Waals surface area (Å²) in [5, 5.41) is 2.67. The number of hydrogen-bond acceptors (Lipinski definition) is 3. The van der Waals surface area contributed by atoms with E-state index < -0.39 is 0 Å². The largest absolute Gasteiger partial charge is 0.484 e. The number of hydrogen-bond donors (Lipinski definition) is 1. The molecule has 0 aliphatic heterocycles. The fourth-order valence-corrected chi connectivity index (χ4v) is 2.47. The topological polar surface area (TPSA) is 55.4 Å². The molecule has 0 aromatic heterocycles. The van der Waals surface area contributed by atoms with Gasteiger partial charge in [0.05, 0.1) is 0 Å².